The van der Waals surface area contributed by atoms with Gasteiger partial charge in [0.15, 0.2) is 0 Å². The van der Waals surface area contributed by atoms with E-state index in [1.807, 2.05) is 32.0 Å². The fourth-order valence-corrected chi connectivity index (χ4v) is 2.04. The number of nitro benzene ring substituents is 1. The number of ether oxygens (including phenoxy) is 1. The summed E-state index contributed by atoms with van der Waals surface area (Å²) in [5.74, 6) is -0.110. The van der Waals surface area contributed by atoms with Crippen molar-refractivity contribution in [3.8, 4) is 5.75 Å². The normalized spacial score (nSPS) is 10.2. The molecule has 0 bridgehead atoms. The Bertz CT molecular complexity index is 702. The second-order valence-electron chi connectivity index (χ2n) is 4.87. The minimum absolute atomic E-state index is 0.0917. The van der Waals surface area contributed by atoms with E-state index in [0.717, 1.165) is 11.1 Å². The summed E-state index contributed by atoms with van der Waals surface area (Å²) in [4.78, 5) is 22.6. The van der Waals surface area contributed by atoms with E-state index in [1.54, 1.807) is 13.0 Å². The van der Waals surface area contributed by atoms with Crippen LogP contribution in [0.15, 0.2) is 36.4 Å². The molecule has 5 heteroatoms. The van der Waals surface area contributed by atoms with E-state index in [9.17, 15) is 14.9 Å². The van der Waals surface area contributed by atoms with Crippen LogP contribution in [0.25, 0.3) is 0 Å². The molecular formula is C16H15NO4. The zero-order valence-corrected chi connectivity index (χ0v) is 12.0. The summed E-state index contributed by atoms with van der Waals surface area (Å²) < 4.78 is 5.38. The van der Waals surface area contributed by atoms with Gasteiger partial charge in [-0.1, -0.05) is 24.3 Å². The van der Waals surface area contributed by atoms with Crippen LogP contribution in [-0.4, -0.2) is 10.9 Å². The Hall–Kier alpha value is -2.69. The molecule has 0 aliphatic carbocycles. The molecule has 0 atom stereocenters. The van der Waals surface area contributed by atoms with Gasteiger partial charge in [0, 0.05) is 11.6 Å². The van der Waals surface area contributed by atoms with Gasteiger partial charge in [0.2, 0.25) is 0 Å². The molecule has 2 aromatic rings. The monoisotopic (exact) mass is 285 g/mol. The molecule has 2 aromatic carbocycles. The summed E-state index contributed by atoms with van der Waals surface area (Å²) >= 11 is 0. The van der Waals surface area contributed by atoms with Crippen molar-refractivity contribution in [3.63, 3.8) is 0 Å². The molecule has 0 unspecified atom stereocenters. The number of hydrogen-bond acceptors (Lipinski definition) is 4. The summed E-state index contributed by atoms with van der Waals surface area (Å²) in [6.07, 6.45) is 0. The van der Waals surface area contributed by atoms with Gasteiger partial charge in [0.1, 0.15) is 5.75 Å². The van der Waals surface area contributed by atoms with Crippen LogP contribution in [0, 0.1) is 30.9 Å². The van der Waals surface area contributed by atoms with Crippen LogP contribution in [-0.2, 0) is 0 Å². The zero-order valence-electron chi connectivity index (χ0n) is 12.0. The van der Waals surface area contributed by atoms with E-state index < -0.39 is 10.9 Å². The van der Waals surface area contributed by atoms with Crippen molar-refractivity contribution in [2.45, 2.75) is 20.8 Å². The topological polar surface area (TPSA) is 69.4 Å². The van der Waals surface area contributed by atoms with E-state index in [2.05, 4.69) is 0 Å². The van der Waals surface area contributed by atoms with Gasteiger partial charge >= 0.3 is 5.97 Å². The number of rotatable bonds is 3. The van der Waals surface area contributed by atoms with Crippen molar-refractivity contribution in [3.05, 3.63) is 68.8 Å². The van der Waals surface area contributed by atoms with Crippen molar-refractivity contribution in [1.82, 2.24) is 0 Å². The van der Waals surface area contributed by atoms with Gasteiger partial charge in [-0.25, -0.2) is 4.79 Å². The lowest BCUT2D eigenvalue weighted by Gasteiger charge is -2.10. The van der Waals surface area contributed by atoms with E-state index >= 15 is 0 Å². The predicted octanol–water partition coefficient (Wildman–Crippen LogP) is 3.74. The number of aryl methyl sites for hydroxylation is 3. The Kier molecular flexibility index (Phi) is 4.03. The van der Waals surface area contributed by atoms with Crippen molar-refractivity contribution in [2.24, 2.45) is 0 Å². The number of benzene rings is 2. The number of carbonyl (C=O) groups excluding carboxylic acids is 1. The first-order valence-electron chi connectivity index (χ1n) is 6.43. The first kappa shape index (κ1) is 14.7. The zero-order chi connectivity index (χ0) is 15.6. The first-order chi connectivity index (χ1) is 9.90. The third kappa shape index (κ3) is 3.08. The number of esters is 1. The van der Waals surface area contributed by atoms with Crippen LogP contribution in [0.3, 0.4) is 0 Å². The number of carbonyl (C=O) groups is 1. The lowest BCUT2D eigenvalue weighted by atomic mass is 10.1. The molecule has 0 amide bonds. The summed E-state index contributed by atoms with van der Waals surface area (Å²) in [5, 5.41) is 10.9. The first-order valence-corrected chi connectivity index (χ1v) is 6.43. The van der Waals surface area contributed by atoms with Crippen molar-refractivity contribution < 1.29 is 14.5 Å². The number of nitro groups is 1. The van der Waals surface area contributed by atoms with E-state index in [4.69, 9.17) is 4.74 Å². The summed E-state index contributed by atoms with van der Waals surface area (Å²) in [6.45, 7) is 5.30. The van der Waals surface area contributed by atoms with Gasteiger partial charge in [-0.05, 0) is 38.0 Å². The predicted molar refractivity (Wildman–Crippen MR) is 78.7 cm³/mol. The highest BCUT2D eigenvalue weighted by atomic mass is 16.6. The maximum Gasteiger partial charge on any atom is 0.343 e. The minimum atomic E-state index is -0.601. The third-order valence-electron chi connectivity index (χ3n) is 3.25. The van der Waals surface area contributed by atoms with Crippen LogP contribution in [0.5, 0.6) is 5.75 Å². The third-order valence-corrected chi connectivity index (χ3v) is 3.25. The van der Waals surface area contributed by atoms with Gasteiger partial charge in [0.25, 0.3) is 5.69 Å². The molecular weight excluding hydrogens is 270 g/mol. The molecule has 0 spiro atoms. The number of hydrogen-bond donors (Lipinski definition) is 0. The standard InChI is InChI=1S/C16H15NO4/c1-10-7-8-13(9-14(10)17(19)20)16(18)21-15-11(2)5-4-6-12(15)3/h4-9H,1-3H3. The van der Waals surface area contributed by atoms with Gasteiger partial charge in [-0.15, -0.1) is 0 Å². The van der Waals surface area contributed by atoms with Crippen LogP contribution in [0.1, 0.15) is 27.0 Å². The van der Waals surface area contributed by atoms with Crippen LogP contribution in [0.2, 0.25) is 0 Å². The fraction of sp³-hybridized carbons (Fsp3) is 0.188. The quantitative estimate of drug-likeness (QED) is 0.373. The van der Waals surface area contributed by atoms with Crippen LogP contribution >= 0.6 is 0 Å². The maximum atomic E-state index is 12.2. The molecule has 0 saturated heterocycles. The molecule has 5 nitrogen and oxygen atoms in total. The lowest BCUT2D eigenvalue weighted by Crippen LogP contribution is -2.11. The average molecular weight is 285 g/mol. The second-order valence-corrected chi connectivity index (χ2v) is 4.87. The van der Waals surface area contributed by atoms with Gasteiger partial charge in [0.05, 0.1) is 10.5 Å². The molecule has 2 rings (SSSR count). The Balaban J connectivity index is 2.33. The minimum Gasteiger partial charge on any atom is -0.422 e. The largest absolute Gasteiger partial charge is 0.422 e. The average Bonchev–Trinajstić information content (AvgIpc) is 2.43. The Morgan fingerprint density at radius 2 is 1.67 bits per heavy atom. The van der Waals surface area contributed by atoms with Crippen molar-refractivity contribution in [1.29, 1.82) is 0 Å². The molecule has 0 aromatic heterocycles. The lowest BCUT2D eigenvalue weighted by molar-refractivity contribution is -0.385. The molecule has 0 heterocycles. The molecule has 0 fully saturated rings. The smallest absolute Gasteiger partial charge is 0.343 e. The number of nitrogens with zero attached hydrogens (tertiary/aromatic N) is 1. The number of para-hydroxylation sites is 1. The van der Waals surface area contributed by atoms with E-state index in [-0.39, 0.29) is 11.3 Å². The highest BCUT2D eigenvalue weighted by molar-refractivity contribution is 5.92. The SMILES string of the molecule is Cc1ccc(C(=O)Oc2c(C)cccc2C)cc1[N+](=O)[O-]. The summed E-state index contributed by atoms with van der Waals surface area (Å²) in [6, 6.07) is 9.86. The molecule has 108 valence electrons. The van der Waals surface area contributed by atoms with E-state index in [1.165, 1.54) is 12.1 Å². The van der Waals surface area contributed by atoms with Gasteiger partial charge in [-0.2, -0.15) is 0 Å². The summed E-state index contributed by atoms with van der Waals surface area (Å²) in [7, 11) is 0. The highest BCUT2D eigenvalue weighted by Crippen LogP contribution is 2.25. The molecule has 0 aliphatic rings. The fourth-order valence-electron chi connectivity index (χ4n) is 2.04. The maximum absolute atomic E-state index is 12.2. The Labute approximate surface area is 122 Å². The van der Waals surface area contributed by atoms with Crippen molar-refractivity contribution >= 4 is 11.7 Å². The molecule has 0 saturated carbocycles. The van der Waals surface area contributed by atoms with Crippen molar-refractivity contribution in [2.75, 3.05) is 0 Å². The molecule has 0 radical (unpaired) electrons. The van der Waals surface area contributed by atoms with E-state index in [0.29, 0.717) is 11.3 Å². The molecule has 21 heavy (non-hydrogen) atoms. The van der Waals surface area contributed by atoms with Crippen LogP contribution < -0.4 is 4.74 Å². The molecule has 0 aliphatic heterocycles. The summed E-state index contributed by atoms with van der Waals surface area (Å²) in [5.41, 5.74) is 2.25. The Morgan fingerprint density at radius 1 is 1.05 bits per heavy atom. The second kappa shape index (κ2) is 5.75. The van der Waals surface area contributed by atoms with Gasteiger partial charge < -0.3 is 4.74 Å². The van der Waals surface area contributed by atoms with Gasteiger partial charge in [-0.3, -0.25) is 10.1 Å². The highest BCUT2D eigenvalue weighted by Gasteiger charge is 2.17. The van der Waals surface area contributed by atoms with Crippen LogP contribution in [0.4, 0.5) is 5.69 Å². The molecule has 0 N–H and O–H groups in total. The Morgan fingerprint density at radius 3 is 2.24 bits per heavy atom.